The molecule has 0 aliphatic rings. The first-order valence-corrected chi connectivity index (χ1v) is 7.13. The van der Waals surface area contributed by atoms with Crippen molar-refractivity contribution in [1.29, 1.82) is 0 Å². The van der Waals surface area contributed by atoms with Gasteiger partial charge in [0.1, 0.15) is 18.1 Å². The van der Waals surface area contributed by atoms with E-state index in [0.29, 0.717) is 27.5 Å². The molecule has 0 bridgehead atoms. The summed E-state index contributed by atoms with van der Waals surface area (Å²) in [6, 6.07) is 13.6. The molecule has 0 aliphatic carbocycles. The van der Waals surface area contributed by atoms with Crippen LogP contribution < -0.4 is 10.2 Å². The van der Waals surface area contributed by atoms with E-state index in [9.17, 15) is 4.79 Å². The number of fused-ring (bicyclic) bond motifs is 1. The Morgan fingerprint density at radius 2 is 1.91 bits per heavy atom. The van der Waals surface area contributed by atoms with Crippen molar-refractivity contribution < 1.29 is 14.3 Å². The lowest BCUT2D eigenvalue weighted by Gasteiger charge is -2.06. The largest absolute Gasteiger partial charge is 0.491 e. The molecule has 0 fully saturated rings. The van der Waals surface area contributed by atoms with Gasteiger partial charge in [0.15, 0.2) is 11.0 Å². The zero-order valence-electron chi connectivity index (χ0n) is 11.6. The summed E-state index contributed by atoms with van der Waals surface area (Å²) in [7, 11) is 0. The number of hydrogen-bond acceptors (Lipinski definition) is 4. The van der Waals surface area contributed by atoms with Crippen LogP contribution in [0, 0.1) is 0 Å². The Morgan fingerprint density at radius 1 is 1.14 bits per heavy atom. The summed E-state index contributed by atoms with van der Waals surface area (Å²) in [5, 5.41) is 9.59. The van der Waals surface area contributed by atoms with Crippen molar-refractivity contribution in [1.82, 2.24) is 0 Å². The van der Waals surface area contributed by atoms with Crippen LogP contribution in [-0.2, 0) is 0 Å². The molecule has 0 atom stereocenters. The van der Waals surface area contributed by atoms with Crippen molar-refractivity contribution in [2.24, 2.45) is 0 Å². The Bertz CT molecular complexity index is 853. The van der Waals surface area contributed by atoms with E-state index in [0.717, 1.165) is 5.56 Å². The number of para-hydroxylation sites is 1. The number of ether oxygens (including phenoxy) is 1. The monoisotopic (exact) mass is 316 g/mol. The summed E-state index contributed by atoms with van der Waals surface area (Å²) < 4.78 is 11.1. The molecular weight excluding hydrogens is 304 g/mol. The van der Waals surface area contributed by atoms with E-state index in [1.54, 1.807) is 42.5 Å². The molecule has 5 heteroatoms. The average molecular weight is 317 g/mol. The van der Waals surface area contributed by atoms with Crippen LogP contribution in [0.15, 0.2) is 57.7 Å². The van der Waals surface area contributed by atoms with Crippen LogP contribution >= 0.6 is 11.6 Å². The normalized spacial score (nSPS) is 10.8. The van der Waals surface area contributed by atoms with Crippen molar-refractivity contribution in [3.05, 3.63) is 63.8 Å². The SMILES string of the molecule is O=c1cc(-c2ccc(OCCO)cc2)oc2c(Cl)cccc12. The lowest BCUT2D eigenvalue weighted by molar-refractivity contribution is 0.201. The second kappa shape index (κ2) is 6.22. The minimum absolute atomic E-state index is 0.0419. The highest BCUT2D eigenvalue weighted by Crippen LogP contribution is 2.27. The lowest BCUT2D eigenvalue weighted by Crippen LogP contribution is -2.02. The van der Waals surface area contributed by atoms with Gasteiger partial charge in [-0.2, -0.15) is 0 Å². The molecule has 0 unspecified atom stereocenters. The van der Waals surface area contributed by atoms with Gasteiger partial charge in [0.25, 0.3) is 0 Å². The summed E-state index contributed by atoms with van der Waals surface area (Å²) >= 11 is 6.09. The van der Waals surface area contributed by atoms with Crippen LogP contribution in [0.5, 0.6) is 5.75 Å². The Hall–Kier alpha value is -2.30. The third-order valence-electron chi connectivity index (χ3n) is 3.21. The molecular formula is C17H13ClO4. The summed E-state index contributed by atoms with van der Waals surface area (Å²) in [5.41, 5.74) is 0.988. The number of aliphatic hydroxyl groups is 1. The molecule has 1 aromatic heterocycles. The number of rotatable bonds is 4. The van der Waals surface area contributed by atoms with Gasteiger partial charge in [0.2, 0.25) is 0 Å². The highest BCUT2D eigenvalue weighted by Gasteiger charge is 2.09. The maximum Gasteiger partial charge on any atom is 0.193 e. The Labute approximate surface area is 131 Å². The lowest BCUT2D eigenvalue weighted by atomic mass is 10.1. The molecule has 0 spiro atoms. The molecule has 3 aromatic rings. The predicted octanol–water partition coefficient (Wildman–Crippen LogP) is 3.48. The van der Waals surface area contributed by atoms with Gasteiger partial charge < -0.3 is 14.3 Å². The first-order valence-electron chi connectivity index (χ1n) is 6.75. The molecule has 112 valence electrons. The Kier molecular flexibility index (Phi) is 4.13. The molecule has 22 heavy (non-hydrogen) atoms. The minimum atomic E-state index is -0.139. The van der Waals surface area contributed by atoms with E-state index >= 15 is 0 Å². The first kappa shape index (κ1) is 14.6. The van der Waals surface area contributed by atoms with E-state index < -0.39 is 0 Å². The van der Waals surface area contributed by atoms with Crippen molar-refractivity contribution in [3.63, 3.8) is 0 Å². The average Bonchev–Trinajstić information content (AvgIpc) is 2.54. The summed E-state index contributed by atoms with van der Waals surface area (Å²) in [4.78, 5) is 12.2. The van der Waals surface area contributed by atoms with Gasteiger partial charge in [-0.05, 0) is 36.4 Å². The predicted molar refractivity (Wildman–Crippen MR) is 85.5 cm³/mol. The van der Waals surface area contributed by atoms with Crippen LogP contribution in [0.2, 0.25) is 5.02 Å². The quantitative estimate of drug-likeness (QED) is 0.800. The van der Waals surface area contributed by atoms with Crippen molar-refractivity contribution in [2.45, 2.75) is 0 Å². The molecule has 1 N–H and O–H groups in total. The summed E-state index contributed by atoms with van der Waals surface area (Å²) in [6.45, 7) is 0.194. The third kappa shape index (κ3) is 2.84. The van der Waals surface area contributed by atoms with E-state index in [1.165, 1.54) is 6.07 Å². The maximum absolute atomic E-state index is 12.2. The molecule has 0 saturated heterocycles. The zero-order valence-corrected chi connectivity index (χ0v) is 12.3. The van der Waals surface area contributed by atoms with Crippen LogP contribution in [0.3, 0.4) is 0 Å². The van der Waals surface area contributed by atoms with Gasteiger partial charge in [-0.25, -0.2) is 0 Å². The van der Waals surface area contributed by atoms with E-state index in [1.807, 2.05) is 0 Å². The maximum atomic E-state index is 12.2. The number of benzene rings is 2. The fraction of sp³-hybridized carbons (Fsp3) is 0.118. The smallest absolute Gasteiger partial charge is 0.193 e. The second-order valence-corrected chi connectivity index (χ2v) is 5.10. The Balaban J connectivity index is 2.03. The van der Waals surface area contributed by atoms with Crippen LogP contribution in [-0.4, -0.2) is 18.3 Å². The van der Waals surface area contributed by atoms with Gasteiger partial charge in [-0.3, -0.25) is 4.79 Å². The second-order valence-electron chi connectivity index (χ2n) is 4.69. The van der Waals surface area contributed by atoms with Gasteiger partial charge in [0, 0.05) is 11.6 Å². The summed E-state index contributed by atoms with van der Waals surface area (Å²) in [5.74, 6) is 1.08. The van der Waals surface area contributed by atoms with Crippen LogP contribution in [0.1, 0.15) is 0 Å². The molecule has 1 heterocycles. The standard InChI is InChI=1S/C17H13ClO4/c18-14-3-1-2-13-15(20)10-16(22-17(13)14)11-4-6-12(7-5-11)21-9-8-19/h1-7,10,19H,8-9H2. The minimum Gasteiger partial charge on any atom is -0.491 e. The van der Waals surface area contributed by atoms with Crippen LogP contribution in [0.4, 0.5) is 0 Å². The molecule has 0 radical (unpaired) electrons. The van der Waals surface area contributed by atoms with Crippen molar-refractivity contribution in [3.8, 4) is 17.1 Å². The van der Waals surface area contributed by atoms with Crippen molar-refractivity contribution in [2.75, 3.05) is 13.2 Å². The highest BCUT2D eigenvalue weighted by molar-refractivity contribution is 6.34. The molecule has 0 saturated carbocycles. The van der Waals surface area contributed by atoms with Crippen LogP contribution in [0.25, 0.3) is 22.3 Å². The zero-order chi connectivity index (χ0) is 15.5. The van der Waals surface area contributed by atoms with E-state index in [-0.39, 0.29) is 18.6 Å². The Morgan fingerprint density at radius 3 is 2.64 bits per heavy atom. The van der Waals surface area contributed by atoms with Crippen molar-refractivity contribution >= 4 is 22.6 Å². The molecule has 4 nitrogen and oxygen atoms in total. The third-order valence-corrected chi connectivity index (χ3v) is 3.50. The number of aliphatic hydroxyl groups excluding tert-OH is 1. The first-order chi connectivity index (χ1) is 10.7. The van der Waals surface area contributed by atoms with Gasteiger partial charge in [0.05, 0.1) is 17.0 Å². The molecule has 2 aromatic carbocycles. The number of hydrogen-bond donors (Lipinski definition) is 1. The highest BCUT2D eigenvalue weighted by atomic mass is 35.5. The molecule has 0 aliphatic heterocycles. The molecule has 0 amide bonds. The fourth-order valence-corrected chi connectivity index (χ4v) is 2.38. The van der Waals surface area contributed by atoms with Gasteiger partial charge in [-0.1, -0.05) is 17.7 Å². The van der Waals surface area contributed by atoms with Gasteiger partial charge in [-0.15, -0.1) is 0 Å². The molecule has 3 rings (SSSR count). The van der Waals surface area contributed by atoms with E-state index in [2.05, 4.69) is 0 Å². The summed E-state index contributed by atoms with van der Waals surface area (Å²) in [6.07, 6.45) is 0. The van der Waals surface area contributed by atoms with Gasteiger partial charge >= 0.3 is 0 Å². The fourth-order valence-electron chi connectivity index (χ4n) is 2.16. The number of halogens is 1. The van der Waals surface area contributed by atoms with E-state index in [4.69, 9.17) is 25.9 Å². The topological polar surface area (TPSA) is 59.7 Å².